The van der Waals surface area contributed by atoms with Crippen LogP contribution in [-0.2, 0) is 0 Å². The average molecular weight is 230 g/mol. The van der Waals surface area contributed by atoms with Gasteiger partial charge in [-0.15, -0.1) is 0 Å². The highest BCUT2D eigenvalue weighted by Gasteiger charge is 2.43. The van der Waals surface area contributed by atoms with Crippen LogP contribution in [0.1, 0.15) is 24.0 Å². The maximum absolute atomic E-state index is 3.46. The first-order chi connectivity index (χ1) is 8.20. The number of aryl methyl sites for hydroxylation is 1. The molecule has 2 saturated heterocycles. The lowest BCUT2D eigenvalue weighted by molar-refractivity contribution is 0.150. The Morgan fingerprint density at radius 3 is 2.53 bits per heavy atom. The van der Waals surface area contributed by atoms with Gasteiger partial charge in [0.25, 0.3) is 0 Å². The summed E-state index contributed by atoms with van der Waals surface area (Å²) in [6.07, 6.45) is 2.71. The van der Waals surface area contributed by atoms with E-state index in [4.69, 9.17) is 0 Å². The van der Waals surface area contributed by atoms with E-state index < -0.39 is 0 Å². The van der Waals surface area contributed by atoms with Gasteiger partial charge in [-0.05, 0) is 57.0 Å². The van der Waals surface area contributed by atoms with Gasteiger partial charge in [0.1, 0.15) is 0 Å². The molecule has 0 radical (unpaired) electrons. The Morgan fingerprint density at radius 1 is 1.12 bits per heavy atom. The fraction of sp³-hybridized carbons (Fsp3) is 0.600. The summed E-state index contributed by atoms with van der Waals surface area (Å²) in [6.45, 7) is 9.40. The van der Waals surface area contributed by atoms with Crippen LogP contribution in [0.15, 0.2) is 18.2 Å². The number of nitrogens with zero attached hydrogens (tertiary/aromatic N) is 1. The first-order valence-electron chi connectivity index (χ1n) is 6.72. The summed E-state index contributed by atoms with van der Waals surface area (Å²) in [6, 6.07) is 6.67. The number of rotatable bonds is 1. The zero-order valence-corrected chi connectivity index (χ0v) is 10.9. The summed E-state index contributed by atoms with van der Waals surface area (Å²) in [7, 11) is 0. The van der Waals surface area contributed by atoms with Gasteiger partial charge in [-0.3, -0.25) is 0 Å². The van der Waals surface area contributed by atoms with Gasteiger partial charge in [-0.1, -0.05) is 12.1 Å². The molecule has 2 heteroatoms. The third-order valence-electron chi connectivity index (χ3n) is 4.63. The zero-order valence-electron chi connectivity index (χ0n) is 10.9. The monoisotopic (exact) mass is 230 g/mol. The van der Waals surface area contributed by atoms with Crippen molar-refractivity contribution in [3.63, 3.8) is 0 Å². The fourth-order valence-electron chi connectivity index (χ4n) is 3.29. The van der Waals surface area contributed by atoms with Crippen molar-refractivity contribution < 1.29 is 0 Å². The minimum absolute atomic E-state index is 0.626. The molecule has 0 unspecified atom stereocenters. The Balaban J connectivity index is 1.74. The Bertz CT molecular complexity index is 411. The van der Waals surface area contributed by atoms with Gasteiger partial charge in [0, 0.05) is 24.2 Å². The third-order valence-corrected chi connectivity index (χ3v) is 4.63. The Kier molecular flexibility index (Phi) is 2.62. The second-order valence-corrected chi connectivity index (χ2v) is 5.83. The van der Waals surface area contributed by atoms with Crippen LogP contribution in [0.5, 0.6) is 0 Å². The Morgan fingerprint density at radius 2 is 1.82 bits per heavy atom. The van der Waals surface area contributed by atoms with Gasteiger partial charge in [0.05, 0.1) is 0 Å². The molecule has 0 aliphatic carbocycles. The first-order valence-corrected chi connectivity index (χ1v) is 6.72. The second-order valence-electron chi connectivity index (χ2n) is 5.83. The van der Waals surface area contributed by atoms with Crippen molar-refractivity contribution in [2.45, 2.75) is 26.7 Å². The topological polar surface area (TPSA) is 15.3 Å². The van der Waals surface area contributed by atoms with E-state index in [9.17, 15) is 0 Å². The normalized spacial score (nSPS) is 22.6. The number of anilines is 1. The zero-order chi connectivity index (χ0) is 11.9. The summed E-state index contributed by atoms with van der Waals surface area (Å²) in [5, 5.41) is 3.46. The highest BCUT2D eigenvalue weighted by molar-refractivity contribution is 5.58. The van der Waals surface area contributed by atoms with Gasteiger partial charge >= 0.3 is 0 Å². The Hall–Kier alpha value is -1.02. The van der Waals surface area contributed by atoms with Crippen molar-refractivity contribution in [1.82, 2.24) is 5.32 Å². The standard InChI is InChI=1S/C15H22N2/c1-12-4-3-5-14(13(12)2)17-10-15(11-17)6-8-16-9-7-15/h3-5,16H,6-11H2,1-2H3. The van der Waals surface area contributed by atoms with Crippen molar-refractivity contribution in [2.75, 3.05) is 31.1 Å². The van der Waals surface area contributed by atoms with Crippen LogP contribution in [-0.4, -0.2) is 26.2 Å². The van der Waals surface area contributed by atoms with E-state index in [-0.39, 0.29) is 0 Å². The molecule has 2 nitrogen and oxygen atoms in total. The summed E-state index contributed by atoms with van der Waals surface area (Å²) in [5.41, 5.74) is 4.95. The largest absolute Gasteiger partial charge is 0.370 e. The molecule has 3 rings (SSSR count). The number of hydrogen-bond donors (Lipinski definition) is 1. The lowest BCUT2D eigenvalue weighted by atomic mass is 9.72. The minimum atomic E-state index is 0.626. The molecule has 2 aliphatic heterocycles. The quantitative estimate of drug-likeness (QED) is 0.797. The molecule has 1 N–H and O–H groups in total. The molecule has 2 fully saturated rings. The van der Waals surface area contributed by atoms with Crippen LogP contribution in [0, 0.1) is 19.3 Å². The summed E-state index contributed by atoms with van der Waals surface area (Å²) < 4.78 is 0. The maximum atomic E-state index is 3.46. The third kappa shape index (κ3) is 1.85. The molecule has 1 aromatic carbocycles. The summed E-state index contributed by atoms with van der Waals surface area (Å²) in [5.74, 6) is 0. The summed E-state index contributed by atoms with van der Waals surface area (Å²) >= 11 is 0. The SMILES string of the molecule is Cc1cccc(N2CC3(CCNCC3)C2)c1C. The molecule has 2 aliphatic rings. The molecule has 0 amide bonds. The van der Waals surface area contributed by atoms with E-state index >= 15 is 0 Å². The highest BCUT2D eigenvalue weighted by atomic mass is 15.2. The van der Waals surface area contributed by atoms with Gasteiger partial charge < -0.3 is 10.2 Å². The van der Waals surface area contributed by atoms with Gasteiger partial charge in [-0.25, -0.2) is 0 Å². The molecule has 17 heavy (non-hydrogen) atoms. The van der Waals surface area contributed by atoms with E-state index in [0.717, 1.165) is 0 Å². The smallest absolute Gasteiger partial charge is 0.0398 e. The van der Waals surface area contributed by atoms with Gasteiger partial charge in [-0.2, -0.15) is 0 Å². The van der Waals surface area contributed by atoms with Crippen molar-refractivity contribution in [1.29, 1.82) is 0 Å². The molecule has 1 spiro atoms. The predicted octanol–water partition coefficient (Wildman–Crippen LogP) is 2.49. The van der Waals surface area contributed by atoms with E-state index in [0.29, 0.717) is 5.41 Å². The van der Waals surface area contributed by atoms with Crippen LogP contribution in [0.4, 0.5) is 5.69 Å². The molecule has 92 valence electrons. The molecular formula is C15H22N2. The van der Waals surface area contributed by atoms with Crippen LogP contribution < -0.4 is 10.2 Å². The minimum Gasteiger partial charge on any atom is -0.370 e. The lowest BCUT2D eigenvalue weighted by Gasteiger charge is -2.54. The highest BCUT2D eigenvalue weighted by Crippen LogP contribution is 2.42. The van der Waals surface area contributed by atoms with E-state index in [1.807, 2.05) is 0 Å². The van der Waals surface area contributed by atoms with E-state index in [2.05, 4.69) is 42.3 Å². The molecule has 0 aromatic heterocycles. The first kappa shape index (κ1) is 11.1. The van der Waals surface area contributed by atoms with Crippen molar-refractivity contribution in [3.05, 3.63) is 29.3 Å². The van der Waals surface area contributed by atoms with Gasteiger partial charge in [0.15, 0.2) is 0 Å². The number of hydrogen-bond acceptors (Lipinski definition) is 2. The lowest BCUT2D eigenvalue weighted by Crippen LogP contribution is -2.60. The van der Waals surface area contributed by atoms with E-state index in [1.54, 1.807) is 0 Å². The van der Waals surface area contributed by atoms with Crippen molar-refractivity contribution in [2.24, 2.45) is 5.41 Å². The number of benzene rings is 1. The van der Waals surface area contributed by atoms with Crippen LogP contribution in [0.25, 0.3) is 0 Å². The molecule has 0 bridgehead atoms. The van der Waals surface area contributed by atoms with Crippen LogP contribution in [0.3, 0.4) is 0 Å². The molecule has 0 atom stereocenters. The molecule has 0 saturated carbocycles. The second kappa shape index (κ2) is 4.02. The maximum Gasteiger partial charge on any atom is 0.0398 e. The molecular weight excluding hydrogens is 208 g/mol. The van der Waals surface area contributed by atoms with Crippen LogP contribution in [0.2, 0.25) is 0 Å². The van der Waals surface area contributed by atoms with Crippen LogP contribution >= 0.6 is 0 Å². The average Bonchev–Trinajstić information content (AvgIpc) is 2.31. The fourth-order valence-corrected chi connectivity index (χ4v) is 3.29. The molecule has 2 heterocycles. The number of piperidine rings is 1. The Labute approximate surface area is 104 Å². The van der Waals surface area contributed by atoms with Gasteiger partial charge in [0.2, 0.25) is 0 Å². The molecule has 1 aromatic rings. The predicted molar refractivity (Wildman–Crippen MR) is 72.7 cm³/mol. The van der Waals surface area contributed by atoms with Crippen molar-refractivity contribution in [3.8, 4) is 0 Å². The summed E-state index contributed by atoms with van der Waals surface area (Å²) in [4.78, 5) is 2.56. The number of nitrogens with one attached hydrogen (secondary N) is 1. The van der Waals surface area contributed by atoms with E-state index in [1.165, 1.54) is 55.8 Å². The van der Waals surface area contributed by atoms with Crippen molar-refractivity contribution >= 4 is 5.69 Å².